The number of nitrogen functional groups attached to an aromatic ring is 1. The Labute approximate surface area is 105 Å². The van der Waals surface area contributed by atoms with Crippen LogP contribution in [0.2, 0.25) is 0 Å². The van der Waals surface area contributed by atoms with Gasteiger partial charge in [0.1, 0.15) is 18.0 Å². The largest absolute Gasteiger partial charge is 0.397 e. The van der Waals surface area contributed by atoms with E-state index >= 15 is 0 Å². The number of nitrogens with zero attached hydrogens (tertiary/aromatic N) is 2. The number of nitrogens with two attached hydrogens (primary N) is 1. The molecule has 0 fully saturated rings. The first kappa shape index (κ1) is 11.1. The number of anilines is 2. The number of aromatic amines is 1. The summed E-state index contributed by atoms with van der Waals surface area (Å²) in [5.41, 5.74) is 6.80. The Bertz CT molecular complexity index is 485. The molecule has 84 valence electrons. The summed E-state index contributed by atoms with van der Waals surface area (Å²) in [5, 5.41) is 9.38. The molecule has 2 rings (SSSR count). The average molecular weight is 333 g/mol. The molecule has 1 aromatic carbocycles. The van der Waals surface area contributed by atoms with E-state index in [4.69, 9.17) is 5.73 Å². The molecule has 0 aliphatic rings. The molecule has 0 bridgehead atoms. The van der Waals surface area contributed by atoms with Gasteiger partial charge in [-0.25, -0.2) is 9.37 Å². The van der Waals surface area contributed by atoms with Crippen molar-refractivity contribution in [3.8, 4) is 0 Å². The molecule has 0 saturated carbocycles. The minimum atomic E-state index is -0.296. The van der Waals surface area contributed by atoms with Crippen LogP contribution in [0.15, 0.2) is 18.5 Å². The number of benzene rings is 1. The number of H-pyrrole nitrogens is 1. The van der Waals surface area contributed by atoms with E-state index in [1.54, 1.807) is 6.07 Å². The highest BCUT2D eigenvalue weighted by molar-refractivity contribution is 14.1. The summed E-state index contributed by atoms with van der Waals surface area (Å²) in [4.78, 5) is 3.94. The van der Waals surface area contributed by atoms with E-state index in [0.717, 1.165) is 0 Å². The molecule has 0 radical (unpaired) electrons. The Balaban J connectivity index is 2.12. The Morgan fingerprint density at radius 3 is 3.00 bits per heavy atom. The molecule has 4 N–H and O–H groups in total. The van der Waals surface area contributed by atoms with Crippen molar-refractivity contribution in [2.24, 2.45) is 0 Å². The van der Waals surface area contributed by atoms with Gasteiger partial charge in [0.25, 0.3) is 0 Å². The summed E-state index contributed by atoms with van der Waals surface area (Å²) < 4.78 is 13.8. The summed E-state index contributed by atoms with van der Waals surface area (Å²) in [6.07, 6.45) is 1.41. The van der Waals surface area contributed by atoms with Crippen LogP contribution in [0.5, 0.6) is 0 Å². The smallest absolute Gasteiger partial charge is 0.143 e. The highest BCUT2D eigenvalue weighted by Crippen LogP contribution is 2.24. The lowest BCUT2D eigenvalue weighted by Gasteiger charge is -2.08. The predicted octanol–water partition coefficient (Wildman–Crippen LogP) is 1.74. The van der Waals surface area contributed by atoms with Gasteiger partial charge in [0.15, 0.2) is 0 Å². The second-order valence-corrected chi connectivity index (χ2v) is 4.30. The molecule has 2 aromatic rings. The molecule has 16 heavy (non-hydrogen) atoms. The van der Waals surface area contributed by atoms with Crippen LogP contribution < -0.4 is 11.1 Å². The molecule has 1 heterocycles. The molecule has 0 atom stereocenters. The Morgan fingerprint density at radius 2 is 2.31 bits per heavy atom. The first-order valence-corrected chi connectivity index (χ1v) is 5.57. The van der Waals surface area contributed by atoms with E-state index in [0.29, 0.717) is 27.3 Å². The molecule has 0 saturated heterocycles. The first-order chi connectivity index (χ1) is 7.66. The molecule has 0 amide bonds. The fourth-order valence-electron chi connectivity index (χ4n) is 1.21. The summed E-state index contributed by atoms with van der Waals surface area (Å²) >= 11 is 1.89. The maximum atomic E-state index is 13.3. The van der Waals surface area contributed by atoms with Crippen molar-refractivity contribution < 1.29 is 4.39 Å². The van der Waals surface area contributed by atoms with Crippen molar-refractivity contribution in [2.75, 3.05) is 11.1 Å². The summed E-state index contributed by atoms with van der Waals surface area (Å²) in [7, 11) is 0. The highest BCUT2D eigenvalue weighted by Gasteiger charge is 2.06. The summed E-state index contributed by atoms with van der Waals surface area (Å²) in [6.45, 7) is 0.421. The fraction of sp³-hybridized carbons (Fsp3) is 0.111. The third kappa shape index (κ3) is 2.40. The number of halogens is 2. The molecule has 5 nitrogen and oxygen atoms in total. The van der Waals surface area contributed by atoms with Gasteiger partial charge in [-0.15, -0.1) is 0 Å². The average Bonchev–Trinajstić information content (AvgIpc) is 2.74. The van der Waals surface area contributed by atoms with Crippen molar-refractivity contribution in [3.05, 3.63) is 33.7 Å². The maximum Gasteiger partial charge on any atom is 0.143 e. The third-order valence-corrected chi connectivity index (χ3v) is 2.83. The van der Waals surface area contributed by atoms with E-state index in [-0.39, 0.29) is 5.82 Å². The van der Waals surface area contributed by atoms with E-state index in [1.165, 1.54) is 12.4 Å². The standard InChI is InChI=1S/C9H9FIN5/c10-5-1-8(7(12)2-6(5)11)13-3-9-14-4-15-16-9/h1-2,4,13H,3,12H2,(H,14,15,16). The number of rotatable bonds is 3. The Morgan fingerprint density at radius 1 is 1.50 bits per heavy atom. The summed E-state index contributed by atoms with van der Waals surface area (Å²) in [5.74, 6) is 0.369. The molecule has 0 aliphatic heterocycles. The van der Waals surface area contributed by atoms with Crippen LogP contribution in [-0.4, -0.2) is 15.2 Å². The van der Waals surface area contributed by atoms with Gasteiger partial charge in [-0.2, -0.15) is 5.10 Å². The van der Waals surface area contributed by atoms with Crippen LogP contribution >= 0.6 is 22.6 Å². The van der Waals surface area contributed by atoms with Crippen molar-refractivity contribution in [1.29, 1.82) is 0 Å². The molecular formula is C9H9FIN5. The lowest BCUT2D eigenvalue weighted by Crippen LogP contribution is -2.05. The number of hydrogen-bond acceptors (Lipinski definition) is 4. The lowest BCUT2D eigenvalue weighted by atomic mass is 10.2. The zero-order valence-corrected chi connectivity index (χ0v) is 10.3. The molecule has 0 aliphatic carbocycles. The molecule has 7 heteroatoms. The van der Waals surface area contributed by atoms with Gasteiger partial charge in [-0.3, -0.25) is 5.10 Å². The van der Waals surface area contributed by atoms with E-state index in [1.807, 2.05) is 22.6 Å². The van der Waals surface area contributed by atoms with Crippen molar-refractivity contribution in [2.45, 2.75) is 6.54 Å². The number of hydrogen-bond donors (Lipinski definition) is 3. The van der Waals surface area contributed by atoms with Crippen molar-refractivity contribution >= 4 is 34.0 Å². The Kier molecular flexibility index (Phi) is 3.22. The zero-order valence-electron chi connectivity index (χ0n) is 8.17. The minimum Gasteiger partial charge on any atom is -0.397 e. The minimum absolute atomic E-state index is 0.296. The predicted molar refractivity (Wildman–Crippen MR) is 67.2 cm³/mol. The quantitative estimate of drug-likeness (QED) is 0.591. The van der Waals surface area contributed by atoms with Gasteiger partial charge in [0.2, 0.25) is 0 Å². The van der Waals surface area contributed by atoms with Crippen molar-refractivity contribution in [3.63, 3.8) is 0 Å². The van der Waals surface area contributed by atoms with Gasteiger partial charge in [0.05, 0.1) is 21.5 Å². The van der Waals surface area contributed by atoms with Gasteiger partial charge in [-0.05, 0) is 28.7 Å². The SMILES string of the molecule is Nc1cc(I)c(F)cc1NCc1ncn[nH]1. The van der Waals surface area contributed by atoms with Gasteiger partial charge in [0, 0.05) is 6.07 Å². The monoisotopic (exact) mass is 333 g/mol. The lowest BCUT2D eigenvalue weighted by molar-refractivity contribution is 0.621. The highest BCUT2D eigenvalue weighted by atomic mass is 127. The molecule has 1 aromatic heterocycles. The third-order valence-electron chi connectivity index (χ3n) is 2.00. The topological polar surface area (TPSA) is 79.6 Å². The summed E-state index contributed by atoms with van der Waals surface area (Å²) in [6, 6.07) is 2.95. The second-order valence-electron chi connectivity index (χ2n) is 3.14. The second kappa shape index (κ2) is 4.64. The van der Waals surface area contributed by atoms with E-state index < -0.39 is 0 Å². The van der Waals surface area contributed by atoms with Crippen LogP contribution in [0, 0.1) is 9.39 Å². The van der Waals surface area contributed by atoms with Crippen LogP contribution in [0.1, 0.15) is 5.82 Å². The number of nitrogens with one attached hydrogen (secondary N) is 2. The molecular weight excluding hydrogens is 324 g/mol. The van der Waals surface area contributed by atoms with Crippen LogP contribution in [0.3, 0.4) is 0 Å². The van der Waals surface area contributed by atoms with Gasteiger partial charge in [-0.1, -0.05) is 0 Å². The maximum absolute atomic E-state index is 13.3. The Hall–Kier alpha value is -1.38. The number of aromatic nitrogens is 3. The first-order valence-electron chi connectivity index (χ1n) is 4.49. The van der Waals surface area contributed by atoms with Crippen LogP contribution in [0.4, 0.5) is 15.8 Å². The van der Waals surface area contributed by atoms with Gasteiger partial charge >= 0.3 is 0 Å². The van der Waals surface area contributed by atoms with Crippen LogP contribution in [-0.2, 0) is 6.54 Å². The zero-order chi connectivity index (χ0) is 11.5. The van der Waals surface area contributed by atoms with E-state index in [9.17, 15) is 4.39 Å². The molecule has 0 unspecified atom stereocenters. The normalized spacial score (nSPS) is 10.4. The fourth-order valence-corrected chi connectivity index (χ4v) is 1.70. The van der Waals surface area contributed by atoms with Crippen molar-refractivity contribution in [1.82, 2.24) is 15.2 Å². The van der Waals surface area contributed by atoms with E-state index in [2.05, 4.69) is 20.5 Å². The van der Waals surface area contributed by atoms with Gasteiger partial charge < -0.3 is 11.1 Å². The van der Waals surface area contributed by atoms with Crippen LogP contribution in [0.25, 0.3) is 0 Å². The molecule has 0 spiro atoms.